The number of benzene rings is 3. The highest BCUT2D eigenvalue weighted by atomic mass is 16.8. The molecular formula is C37H46N9O8+. The summed E-state index contributed by atoms with van der Waals surface area (Å²) in [6, 6.07) is 21.3. The fourth-order valence-corrected chi connectivity index (χ4v) is 5.52. The van der Waals surface area contributed by atoms with E-state index in [0.29, 0.717) is 53.8 Å². The van der Waals surface area contributed by atoms with Crippen molar-refractivity contribution in [2.24, 2.45) is 11.2 Å². The summed E-state index contributed by atoms with van der Waals surface area (Å²) in [5, 5.41) is 27.5. The van der Waals surface area contributed by atoms with Crippen LogP contribution in [0.5, 0.6) is 6.01 Å². The Morgan fingerprint density at radius 3 is 2.48 bits per heavy atom. The number of aromatic amines is 1. The van der Waals surface area contributed by atoms with Crippen molar-refractivity contribution in [3.63, 3.8) is 0 Å². The molecule has 286 valence electrons. The topological polar surface area (TPSA) is 200 Å². The molecule has 2 atom stereocenters. The first kappa shape index (κ1) is 39.0. The number of fused-ring (bicyclic) bond motifs is 1. The van der Waals surface area contributed by atoms with Crippen molar-refractivity contribution in [3.05, 3.63) is 77.9 Å². The highest BCUT2D eigenvalue weighted by molar-refractivity contribution is 6.02. The van der Waals surface area contributed by atoms with Crippen molar-refractivity contribution < 1.29 is 43.6 Å². The number of hydrogen-bond acceptors (Lipinski definition) is 12. The van der Waals surface area contributed by atoms with Crippen LogP contribution in [0.2, 0.25) is 0 Å². The summed E-state index contributed by atoms with van der Waals surface area (Å²) < 4.78 is 23.7. The fraction of sp³-hybridized carbons (Fsp3) is 0.405. The summed E-state index contributed by atoms with van der Waals surface area (Å²) in [5.41, 5.74) is 7.33. The summed E-state index contributed by atoms with van der Waals surface area (Å²) in [4.78, 5) is 36.2. The Balaban J connectivity index is 1.19. The number of esters is 1. The average molecular weight is 745 g/mol. The second kappa shape index (κ2) is 18.0. The lowest BCUT2D eigenvalue weighted by molar-refractivity contribution is -0.882. The van der Waals surface area contributed by atoms with Gasteiger partial charge in [-0.15, -0.1) is 10.5 Å². The minimum atomic E-state index is -1.24. The second-order valence-corrected chi connectivity index (χ2v) is 13.5. The van der Waals surface area contributed by atoms with E-state index < -0.39 is 18.4 Å². The molecule has 0 spiro atoms. The molecule has 0 amide bonds. The standard InChI is InChI=1S/C37H46N9O8/c1-7-50-35-38-31-16-10-15-30(34(47)53-25(3)54-36(48)51-23-24(2)12-11-21-52-44-46(49)41-37(4,5)6)32(31)45(35)22-26-17-19-27(20-18-26)28-13-8-9-14-29(28)33-39-42-43-40-33/h8-10,13-20,24-25H,7,11-12,21-23H2,1-6H3,(H2,41,44,49)(H,39,40,42,43)/q+1. The van der Waals surface area contributed by atoms with Crippen LogP contribution in [0, 0.1) is 5.92 Å². The first-order valence-electron chi connectivity index (χ1n) is 17.6. The Hall–Kier alpha value is -6.26. The molecule has 3 aromatic carbocycles. The summed E-state index contributed by atoms with van der Waals surface area (Å²) >= 11 is 0. The largest absolute Gasteiger partial charge is 0.511 e. The molecule has 0 aliphatic carbocycles. The van der Waals surface area contributed by atoms with Crippen LogP contribution in [0.25, 0.3) is 33.5 Å². The number of imidazole rings is 1. The number of hydrazine groups is 1. The molecule has 17 heteroatoms. The van der Waals surface area contributed by atoms with Crippen LogP contribution in [-0.2, 0) is 25.6 Å². The van der Waals surface area contributed by atoms with Crippen molar-refractivity contribution >= 4 is 23.2 Å². The van der Waals surface area contributed by atoms with Gasteiger partial charge in [0.15, 0.2) is 5.82 Å². The van der Waals surface area contributed by atoms with Crippen LogP contribution in [0.4, 0.5) is 4.79 Å². The highest BCUT2D eigenvalue weighted by Gasteiger charge is 2.24. The van der Waals surface area contributed by atoms with Crippen molar-refractivity contribution in [1.82, 2.24) is 35.6 Å². The van der Waals surface area contributed by atoms with E-state index in [1.807, 2.05) is 87.7 Å². The third kappa shape index (κ3) is 10.6. The lowest BCUT2D eigenvalue weighted by Gasteiger charge is -2.16. The quantitative estimate of drug-likeness (QED) is 0.0233. The number of ether oxygens (including phenoxy) is 4. The SMILES string of the molecule is CCOc1nc2cccc(C(=O)OC(C)OC(=O)OCC(C)CCCO/N=[N+](\O)NC(C)(C)C)c2n1Cc1ccc(-c2ccccc2-c2nnn[nH]2)cc1. The minimum absolute atomic E-state index is 0.0156. The number of para-hydroxylation sites is 1. The van der Waals surface area contributed by atoms with E-state index in [4.69, 9.17) is 23.8 Å². The first-order chi connectivity index (χ1) is 25.9. The number of nitrogens with zero attached hydrogens (tertiary/aromatic N) is 7. The zero-order chi connectivity index (χ0) is 38.7. The third-order valence-electron chi connectivity index (χ3n) is 7.88. The van der Waals surface area contributed by atoms with E-state index in [2.05, 4.69) is 36.3 Å². The molecule has 0 saturated carbocycles. The molecule has 0 saturated heterocycles. The smallest absolute Gasteiger partial charge is 0.465 e. The lowest BCUT2D eigenvalue weighted by Crippen LogP contribution is -2.41. The molecule has 5 rings (SSSR count). The van der Waals surface area contributed by atoms with Gasteiger partial charge >= 0.3 is 12.1 Å². The molecule has 5 aromatic rings. The number of carbonyl (C=O) groups is 2. The molecule has 3 N–H and O–H groups in total. The Bertz CT molecular complexity index is 2030. The van der Waals surface area contributed by atoms with Gasteiger partial charge in [0.2, 0.25) is 6.29 Å². The van der Waals surface area contributed by atoms with E-state index in [0.717, 1.165) is 22.3 Å². The van der Waals surface area contributed by atoms with Crippen LogP contribution in [0.3, 0.4) is 0 Å². The van der Waals surface area contributed by atoms with Gasteiger partial charge in [0.25, 0.3) is 16.3 Å². The Kier molecular flexibility index (Phi) is 13.0. The molecule has 0 radical (unpaired) electrons. The van der Waals surface area contributed by atoms with Gasteiger partial charge in [-0.25, -0.2) is 19.9 Å². The molecule has 0 aliphatic rings. The molecule has 0 bridgehead atoms. The minimum Gasteiger partial charge on any atom is -0.465 e. The van der Waals surface area contributed by atoms with Gasteiger partial charge < -0.3 is 23.8 Å². The molecule has 0 aliphatic heterocycles. The second-order valence-electron chi connectivity index (χ2n) is 13.5. The van der Waals surface area contributed by atoms with Gasteiger partial charge in [-0.05, 0) is 85.7 Å². The summed E-state index contributed by atoms with van der Waals surface area (Å²) in [7, 11) is 0. The monoisotopic (exact) mass is 744 g/mol. The Morgan fingerprint density at radius 1 is 1.02 bits per heavy atom. The zero-order valence-electron chi connectivity index (χ0n) is 31.2. The molecule has 2 unspecified atom stereocenters. The molecule has 0 fully saturated rings. The first-order valence-corrected chi connectivity index (χ1v) is 17.6. The van der Waals surface area contributed by atoms with Gasteiger partial charge in [-0.2, -0.15) is 4.98 Å². The number of nitrogens with one attached hydrogen (secondary N) is 2. The maximum absolute atomic E-state index is 13.5. The van der Waals surface area contributed by atoms with Gasteiger partial charge in [0.1, 0.15) is 6.61 Å². The average Bonchev–Trinajstić information content (AvgIpc) is 3.79. The van der Waals surface area contributed by atoms with E-state index in [9.17, 15) is 14.8 Å². The van der Waals surface area contributed by atoms with Crippen LogP contribution in [0.15, 0.2) is 72.0 Å². The molecule has 2 aromatic heterocycles. The molecule has 2 heterocycles. The van der Waals surface area contributed by atoms with Crippen molar-refractivity contribution in [2.75, 3.05) is 19.8 Å². The van der Waals surface area contributed by atoms with Crippen LogP contribution >= 0.6 is 0 Å². The Labute approximate surface area is 312 Å². The number of aromatic nitrogens is 6. The number of hydrogen-bond donors (Lipinski definition) is 3. The third-order valence-corrected chi connectivity index (χ3v) is 7.88. The van der Waals surface area contributed by atoms with E-state index in [-0.39, 0.29) is 30.2 Å². The number of carbonyl (C=O) groups excluding carboxylic acids is 2. The van der Waals surface area contributed by atoms with Crippen LogP contribution < -0.4 is 10.2 Å². The molecular weight excluding hydrogens is 698 g/mol. The molecule has 17 nitrogen and oxygen atoms in total. The highest BCUT2D eigenvalue weighted by Crippen LogP contribution is 2.31. The number of H-pyrrole nitrogens is 1. The van der Waals surface area contributed by atoms with Gasteiger partial charge in [0.05, 0.1) is 41.9 Å². The van der Waals surface area contributed by atoms with Crippen LogP contribution in [0.1, 0.15) is 70.3 Å². The van der Waals surface area contributed by atoms with Gasteiger partial charge in [-0.1, -0.05) is 61.5 Å². The van der Waals surface area contributed by atoms with E-state index >= 15 is 0 Å². The predicted molar refractivity (Wildman–Crippen MR) is 194 cm³/mol. The number of tetrazole rings is 1. The van der Waals surface area contributed by atoms with Gasteiger partial charge in [-0.3, -0.25) is 4.57 Å². The lowest BCUT2D eigenvalue weighted by atomic mass is 9.98. The summed E-state index contributed by atoms with van der Waals surface area (Å²) in [6.07, 6.45) is -0.939. The predicted octanol–water partition coefficient (Wildman–Crippen LogP) is 6.49. The fourth-order valence-electron chi connectivity index (χ4n) is 5.52. The number of rotatable bonds is 17. The maximum atomic E-state index is 13.5. The van der Waals surface area contributed by atoms with Crippen LogP contribution in [-0.4, -0.2) is 84.1 Å². The van der Waals surface area contributed by atoms with Crippen molar-refractivity contribution in [2.45, 2.75) is 72.8 Å². The normalized spacial score (nSPS) is 12.9. The van der Waals surface area contributed by atoms with E-state index in [1.165, 1.54) is 6.92 Å². The van der Waals surface area contributed by atoms with Gasteiger partial charge in [0, 0.05) is 12.5 Å². The summed E-state index contributed by atoms with van der Waals surface area (Å²) in [5.74, 6) is -0.158. The summed E-state index contributed by atoms with van der Waals surface area (Å²) in [6.45, 7) is 11.8. The maximum Gasteiger partial charge on any atom is 0.511 e. The molecule has 54 heavy (non-hydrogen) atoms. The van der Waals surface area contributed by atoms with E-state index in [1.54, 1.807) is 18.2 Å². The Morgan fingerprint density at radius 2 is 1.78 bits per heavy atom. The van der Waals surface area contributed by atoms with Crippen molar-refractivity contribution in [3.8, 4) is 28.5 Å². The zero-order valence-corrected chi connectivity index (χ0v) is 31.2. The van der Waals surface area contributed by atoms with Crippen molar-refractivity contribution in [1.29, 1.82) is 0 Å².